The standard InChI is InChI=1S/C23H22FNO5/c1-30-18-10-9-14(24)12-17(18)21(27)19-20(13-5-4-8-16(26)11-13)25(23(29)22(19)28)15-6-2-3-7-15/h4-5,8-12,15,20,26-27H,2-3,6-7H2,1H3/b21-19+. The number of amides is 1. The molecular weight excluding hydrogens is 389 g/mol. The van der Waals surface area contributed by atoms with E-state index < -0.39 is 29.3 Å². The highest BCUT2D eigenvalue weighted by Gasteiger charge is 2.49. The van der Waals surface area contributed by atoms with E-state index in [-0.39, 0.29) is 28.7 Å². The molecule has 1 unspecified atom stereocenters. The number of halogens is 1. The van der Waals surface area contributed by atoms with Crippen molar-refractivity contribution in [3.63, 3.8) is 0 Å². The van der Waals surface area contributed by atoms with Gasteiger partial charge >= 0.3 is 0 Å². The third kappa shape index (κ3) is 3.30. The Morgan fingerprint density at radius 1 is 1.13 bits per heavy atom. The van der Waals surface area contributed by atoms with Gasteiger partial charge in [0, 0.05) is 6.04 Å². The van der Waals surface area contributed by atoms with Gasteiger partial charge in [-0.2, -0.15) is 0 Å². The van der Waals surface area contributed by atoms with Crippen LogP contribution in [0.25, 0.3) is 5.76 Å². The topological polar surface area (TPSA) is 87.1 Å². The van der Waals surface area contributed by atoms with Crippen LogP contribution in [0.5, 0.6) is 11.5 Å². The molecular formula is C23H22FNO5. The highest BCUT2D eigenvalue weighted by molar-refractivity contribution is 6.46. The lowest BCUT2D eigenvalue weighted by Gasteiger charge is -2.30. The number of likely N-dealkylation sites (tertiary alicyclic amines) is 1. The molecule has 0 radical (unpaired) electrons. The summed E-state index contributed by atoms with van der Waals surface area (Å²) >= 11 is 0. The fourth-order valence-electron chi connectivity index (χ4n) is 4.44. The number of ether oxygens (including phenoxy) is 1. The highest BCUT2D eigenvalue weighted by atomic mass is 19.1. The third-order valence-corrected chi connectivity index (χ3v) is 5.80. The lowest BCUT2D eigenvalue weighted by atomic mass is 9.94. The van der Waals surface area contributed by atoms with E-state index in [9.17, 15) is 24.2 Å². The Balaban J connectivity index is 1.94. The zero-order valence-corrected chi connectivity index (χ0v) is 16.5. The zero-order valence-electron chi connectivity index (χ0n) is 16.5. The predicted molar refractivity (Wildman–Crippen MR) is 107 cm³/mol. The van der Waals surface area contributed by atoms with Crippen molar-refractivity contribution in [2.45, 2.75) is 37.8 Å². The Bertz CT molecular complexity index is 1040. The number of hydrogen-bond donors (Lipinski definition) is 2. The summed E-state index contributed by atoms with van der Waals surface area (Å²) in [5.41, 5.74) is 0.353. The second-order valence-electron chi connectivity index (χ2n) is 7.58. The fourth-order valence-corrected chi connectivity index (χ4v) is 4.44. The van der Waals surface area contributed by atoms with Crippen LogP contribution in [0.2, 0.25) is 0 Å². The van der Waals surface area contributed by atoms with Crippen LogP contribution in [0.4, 0.5) is 4.39 Å². The average Bonchev–Trinajstić information content (AvgIpc) is 3.34. The van der Waals surface area contributed by atoms with E-state index in [0.29, 0.717) is 5.56 Å². The number of carbonyl (C=O) groups excluding carboxylic acids is 2. The molecule has 2 fully saturated rings. The number of methoxy groups -OCH3 is 1. The number of aromatic hydroxyl groups is 1. The molecule has 0 aromatic heterocycles. The van der Waals surface area contributed by atoms with Gasteiger partial charge in [-0.1, -0.05) is 25.0 Å². The normalized spacial score (nSPS) is 21.4. The van der Waals surface area contributed by atoms with Crippen LogP contribution in [-0.4, -0.2) is 40.0 Å². The lowest BCUT2D eigenvalue weighted by molar-refractivity contribution is -0.141. The minimum atomic E-state index is -0.881. The Kier molecular flexibility index (Phi) is 5.20. The molecule has 4 rings (SSSR count). The molecule has 1 aliphatic heterocycles. The average molecular weight is 411 g/mol. The molecule has 0 bridgehead atoms. The molecule has 7 heteroatoms. The Morgan fingerprint density at radius 3 is 2.53 bits per heavy atom. The van der Waals surface area contributed by atoms with Crippen molar-refractivity contribution in [3.05, 3.63) is 65.0 Å². The van der Waals surface area contributed by atoms with E-state index in [1.54, 1.807) is 12.1 Å². The van der Waals surface area contributed by atoms with Crippen molar-refractivity contribution in [1.82, 2.24) is 4.90 Å². The maximum absolute atomic E-state index is 13.9. The number of ketones is 1. The first kappa shape index (κ1) is 19.9. The van der Waals surface area contributed by atoms with Crippen LogP contribution in [0.1, 0.15) is 42.9 Å². The second kappa shape index (κ2) is 7.82. The van der Waals surface area contributed by atoms with Gasteiger partial charge in [0.15, 0.2) is 0 Å². The number of phenolic OH excluding ortho intramolecular Hbond substituents is 1. The van der Waals surface area contributed by atoms with Gasteiger partial charge in [-0.3, -0.25) is 9.59 Å². The second-order valence-corrected chi connectivity index (χ2v) is 7.58. The molecule has 1 saturated carbocycles. The first-order valence-corrected chi connectivity index (χ1v) is 9.85. The molecule has 2 aliphatic rings. The first-order valence-electron chi connectivity index (χ1n) is 9.85. The molecule has 156 valence electrons. The monoisotopic (exact) mass is 411 g/mol. The summed E-state index contributed by atoms with van der Waals surface area (Å²) in [7, 11) is 1.37. The van der Waals surface area contributed by atoms with Crippen LogP contribution < -0.4 is 4.74 Å². The molecule has 1 saturated heterocycles. The van der Waals surface area contributed by atoms with Gasteiger partial charge in [-0.15, -0.1) is 0 Å². The maximum atomic E-state index is 13.9. The summed E-state index contributed by atoms with van der Waals surface area (Å²) in [4.78, 5) is 27.5. The third-order valence-electron chi connectivity index (χ3n) is 5.80. The number of nitrogens with zero attached hydrogens (tertiary/aromatic N) is 1. The quantitative estimate of drug-likeness (QED) is 0.453. The molecule has 30 heavy (non-hydrogen) atoms. The van der Waals surface area contributed by atoms with Crippen molar-refractivity contribution in [2.75, 3.05) is 7.11 Å². The van der Waals surface area contributed by atoms with Gasteiger partial charge in [0.25, 0.3) is 11.7 Å². The number of aliphatic hydroxyl groups excluding tert-OH is 1. The van der Waals surface area contributed by atoms with Gasteiger partial charge in [0.05, 0.1) is 24.3 Å². The van der Waals surface area contributed by atoms with Crippen molar-refractivity contribution >= 4 is 17.4 Å². The van der Waals surface area contributed by atoms with Crippen LogP contribution >= 0.6 is 0 Å². The van der Waals surface area contributed by atoms with Gasteiger partial charge in [0.2, 0.25) is 0 Å². The van der Waals surface area contributed by atoms with Gasteiger partial charge in [-0.25, -0.2) is 4.39 Å². The summed E-state index contributed by atoms with van der Waals surface area (Å²) in [5, 5.41) is 21.1. The summed E-state index contributed by atoms with van der Waals surface area (Å²) in [6.45, 7) is 0. The van der Waals surface area contributed by atoms with Crippen LogP contribution in [0, 0.1) is 5.82 Å². The molecule has 1 heterocycles. The van der Waals surface area contributed by atoms with Crippen molar-refractivity contribution in [1.29, 1.82) is 0 Å². The summed E-state index contributed by atoms with van der Waals surface area (Å²) in [6, 6.07) is 8.82. The number of carbonyl (C=O) groups is 2. The SMILES string of the molecule is COc1ccc(F)cc1/C(O)=C1\C(=O)C(=O)N(C2CCCC2)C1c1cccc(O)c1. The maximum Gasteiger partial charge on any atom is 0.295 e. The number of benzene rings is 2. The van der Waals surface area contributed by atoms with Crippen LogP contribution in [0.15, 0.2) is 48.0 Å². The zero-order chi connectivity index (χ0) is 21.4. The largest absolute Gasteiger partial charge is 0.508 e. The Hall–Kier alpha value is -3.35. The van der Waals surface area contributed by atoms with Crippen molar-refractivity contribution in [3.8, 4) is 11.5 Å². The molecule has 2 aromatic rings. The number of hydrogen-bond acceptors (Lipinski definition) is 5. The Morgan fingerprint density at radius 2 is 1.87 bits per heavy atom. The van der Waals surface area contributed by atoms with Crippen molar-refractivity contribution < 1.29 is 28.9 Å². The molecule has 1 aliphatic carbocycles. The van der Waals surface area contributed by atoms with Gasteiger partial charge in [0.1, 0.15) is 23.1 Å². The van der Waals surface area contributed by atoms with E-state index in [4.69, 9.17) is 4.74 Å². The summed E-state index contributed by atoms with van der Waals surface area (Å²) in [5.74, 6) is -2.50. The predicted octanol–water partition coefficient (Wildman–Crippen LogP) is 3.90. The number of aliphatic hydroxyl groups is 1. The Labute approximate surface area is 173 Å². The van der Waals surface area contributed by atoms with E-state index in [0.717, 1.165) is 31.7 Å². The summed E-state index contributed by atoms with van der Waals surface area (Å²) in [6.07, 6.45) is 3.40. The van der Waals surface area contributed by atoms with E-state index >= 15 is 0 Å². The first-order chi connectivity index (χ1) is 14.4. The van der Waals surface area contributed by atoms with E-state index in [1.165, 1.54) is 36.3 Å². The van der Waals surface area contributed by atoms with E-state index in [2.05, 4.69) is 0 Å². The lowest BCUT2D eigenvalue weighted by Crippen LogP contribution is -2.37. The number of phenols is 1. The van der Waals surface area contributed by atoms with Crippen LogP contribution in [0.3, 0.4) is 0 Å². The molecule has 6 nitrogen and oxygen atoms in total. The molecule has 2 aromatic carbocycles. The van der Waals surface area contributed by atoms with E-state index in [1.807, 2.05) is 0 Å². The molecule has 1 amide bonds. The minimum Gasteiger partial charge on any atom is -0.508 e. The van der Waals surface area contributed by atoms with Gasteiger partial charge < -0.3 is 19.8 Å². The summed E-state index contributed by atoms with van der Waals surface area (Å²) < 4.78 is 19.1. The highest BCUT2D eigenvalue weighted by Crippen LogP contribution is 2.44. The molecule has 2 N–H and O–H groups in total. The van der Waals surface area contributed by atoms with Gasteiger partial charge in [-0.05, 0) is 48.7 Å². The smallest absolute Gasteiger partial charge is 0.295 e. The molecule has 0 spiro atoms. The molecule has 1 atom stereocenters. The minimum absolute atomic E-state index is 0.00734. The van der Waals surface area contributed by atoms with Crippen LogP contribution in [-0.2, 0) is 9.59 Å². The fraction of sp³-hybridized carbons (Fsp3) is 0.304. The van der Waals surface area contributed by atoms with Crippen molar-refractivity contribution in [2.24, 2.45) is 0 Å². The number of rotatable bonds is 4. The number of Topliss-reactive ketones (excluding diaryl/α,β-unsaturated/α-hetero) is 1.